The van der Waals surface area contributed by atoms with E-state index >= 15 is 0 Å². The summed E-state index contributed by atoms with van der Waals surface area (Å²) >= 11 is 0. The van der Waals surface area contributed by atoms with E-state index in [0.29, 0.717) is 0 Å². The molecule has 0 radical (unpaired) electrons. The summed E-state index contributed by atoms with van der Waals surface area (Å²) in [4.78, 5) is 0. The molecule has 1 aliphatic rings. The first-order valence-electron chi connectivity index (χ1n) is 7.54. The Morgan fingerprint density at radius 3 is 2.39 bits per heavy atom. The molecule has 1 nitrogen and oxygen atoms in total. The molecule has 100 valence electrons. The van der Waals surface area contributed by atoms with Crippen LogP contribution in [-0.2, 0) is 6.42 Å². The lowest BCUT2D eigenvalue weighted by molar-refractivity contribution is 0.209. The molecule has 1 aliphatic carbocycles. The first-order valence-corrected chi connectivity index (χ1v) is 7.54. The van der Waals surface area contributed by atoms with Crippen LogP contribution >= 0.6 is 0 Å². The quantitative estimate of drug-likeness (QED) is 0.772. The van der Waals surface area contributed by atoms with Gasteiger partial charge in [-0.3, -0.25) is 0 Å². The van der Waals surface area contributed by atoms with E-state index in [0.717, 1.165) is 24.4 Å². The number of aryl methyl sites for hydroxylation is 1. The molecule has 1 saturated carbocycles. The minimum absolute atomic E-state index is 0.745. The van der Waals surface area contributed by atoms with Gasteiger partial charge in [0.05, 0.1) is 0 Å². The highest BCUT2D eigenvalue weighted by molar-refractivity contribution is 5.14. The maximum atomic E-state index is 3.79. The van der Waals surface area contributed by atoms with Crippen LogP contribution < -0.4 is 5.32 Å². The van der Waals surface area contributed by atoms with Crippen LogP contribution in [0.3, 0.4) is 0 Å². The van der Waals surface area contributed by atoms with Crippen LogP contribution in [0, 0.1) is 11.8 Å². The van der Waals surface area contributed by atoms with Crippen molar-refractivity contribution in [3.05, 3.63) is 35.9 Å². The minimum Gasteiger partial charge on any atom is -0.313 e. The third kappa shape index (κ3) is 3.84. The fraction of sp³-hybridized carbons (Fsp3) is 0.647. The van der Waals surface area contributed by atoms with Gasteiger partial charge >= 0.3 is 0 Å². The molecule has 0 saturated heterocycles. The molecule has 2 atom stereocenters. The van der Waals surface area contributed by atoms with Crippen molar-refractivity contribution in [1.82, 2.24) is 5.32 Å². The van der Waals surface area contributed by atoms with Gasteiger partial charge < -0.3 is 5.32 Å². The second-order valence-electron chi connectivity index (χ2n) is 5.95. The van der Waals surface area contributed by atoms with Crippen LogP contribution in [0.1, 0.15) is 45.1 Å². The molecule has 1 N–H and O–H groups in total. The van der Waals surface area contributed by atoms with E-state index in [2.05, 4.69) is 49.5 Å². The van der Waals surface area contributed by atoms with Gasteiger partial charge in [-0.1, -0.05) is 50.6 Å². The van der Waals surface area contributed by atoms with E-state index in [-0.39, 0.29) is 0 Å². The highest BCUT2D eigenvalue weighted by Gasteiger charge is 2.26. The summed E-state index contributed by atoms with van der Waals surface area (Å²) in [5.74, 6) is 1.70. The van der Waals surface area contributed by atoms with Crippen molar-refractivity contribution in [3.63, 3.8) is 0 Å². The van der Waals surface area contributed by atoms with Crippen LogP contribution in [0.15, 0.2) is 30.3 Å². The molecule has 0 amide bonds. The number of nitrogens with one attached hydrogen (secondary N) is 1. The lowest BCUT2D eigenvalue weighted by atomic mass is 9.79. The van der Waals surface area contributed by atoms with Crippen LogP contribution in [0.5, 0.6) is 0 Å². The van der Waals surface area contributed by atoms with E-state index in [9.17, 15) is 0 Å². The Morgan fingerprint density at radius 2 is 1.72 bits per heavy atom. The number of benzene rings is 1. The monoisotopic (exact) mass is 245 g/mol. The highest BCUT2D eigenvalue weighted by Crippen LogP contribution is 2.28. The van der Waals surface area contributed by atoms with Gasteiger partial charge in [0.1, 0.15) is 0 Å². The smallest absolute Gasteiger partial charge is 0.0118 e. The maximum Gasteiger partial charge on any atom is 0.0118 e. The first-order chi connectivity index (χ1) is 8.77. The van der Waals surface area contributed by atoms with E-state index in [1.54, 1.807) is 0 Å². The van der Waals surface area contributed by atoms with Gasteiger partial charge in [-0.25, -0.2) is 0 Å². The first kappa shape index (κ1) is 13.6. The van der Waals surface area contributed by atoms with E-state index < -0.39 is 0 Å². The van der Waals surface area contributed by atoms with Gasteiger partial charge in [-0.15, -0.1) is 0 Å². The predicted octanol–water partition coefficient (Wildman–Crippen LogP) is 4.03. The molecule has 1 aromatic rings. The Bertz CT molecular complexity index is 323. The molecule has 2 rings (SSSR count). The Kier molecular flexibility index (Phi) is 5.25. The predicted molar refractivity (Wildman–Crippen MR) is 78.7 cm³/mol. The molecule has 0 spiro atoms. The van der Waals surface area contributed by atoms with E-state index in [1.165, 1.54) is 37.7 Å². The normalized spacial score (nSPS) is 28.2. The highest BCUT2D eigenvalue weighted by atomic mass is 14.9. The third-order valence-electron chi connectivity index (χ3n) is 4.41. The van der Waals surface area contributed by atoms with Crippen molar-refractivity contribution in [2.24, 2.45) is 11.8 Å². The summed E-state index contributed by atoms with van der Waals surface area (Å²) in [5, 5.41) is 3.79. The van der Waals surface area contributed by atoms with Gasteiger partial charge in [0, 0.05) is 6.04 Å². The van der Waals surface area contributed by atoms with Crippen LogP contribution in [0.2, 0.25) is 0 Å². The zero-order chi connectivity index (χ0) is 12.8. The lowest BCUT2D eigenvalue weighted by Crippen LogP contribution is -2.43. The van der Waals surface area contributed by atoms with Crippen molar-refractivity contribution in [2.45, 2.75) is 52.0 Å². The van der Waals surface area contributed by atoms with Crippen molar-refractivity contribution >= 4 is 0 Å². The number of rotatable bonds is 5. The van der Waals surface area contributed by atoms with Gasteiger partial charge in [-0.2, -0.15) is 0 Å². The fourth-order valence-electron chi connectivity index (χ4n) is 3.29. The molecule has 1 aromatic carbocycles. The molecular weight excluding hydrogens is 218 g/mol. The standard InChI is InChI=1S/C17H27N/c1-14-8-6-9-15(2)17(14)18-13-7-12-16-10-4-3-5-11-16/h3-5,10-11,14-15,17-18H,6-9,12-13H2,1-2H3. The maximum absolute atomic E-state index is 3.79. The minimum atomic E-state index is 0.745. The second kappa shape index (κ2) is 6.94. The van der Waals surface area contributed by atoms with Gasteiger partial charge in [-0.05, 0) is 49.6 Å². The Hall–Kier alpha value is -0.820. The van der Waals surface area contributed by atoms with Crippen molar-refractivity contribution in [1.29, 1.82) is 0 Å². The number of hydrogen-bond acceptors (Lipinski definition) is 1. The molecule has 0 heterocycles. The molecule has 1 heteroatoms. The second-order valence-corrected chi connectivity index (χ2v) is 5.95. The Morgan fingerprint density at radius 1 is 1.06 bits per heavy atom. The molecule has 0 bridgehead atoms. The molecular formula is C17H27N. The molecule has 1 fully saturated rings. The summed E-state index contributed by atoms with van der Waals surface area (Å²) in [7, 11) is 0. The van der Waals surface area contributed by atoms with E-state index in [4.69, 9.17) is 0 Å². The summed E-state index contributed by atoms with van der Waals surface area (Å²) in [6.45, 7) is 5.98. The summed E-state index contributed by atoms with van der Waals surface area (Å²) in [5.41, 5.74) is 1.46. The van der Waals surface area contributed by atoms with Crippen LogP contribution in [-0.4, -0.2) is 12.6 Å². The average Bonchev–Trinajstić information content (AvgIpc) is 2.38. The Balaban J connectivity index is 1.68. The van der Waals surface area contributed by atoms with Crippen molar-refractivity contribution < 1.29 is 0 Å². The third-order valence-corrected chi connectivity index (χ3v) is 4.41. The SMILES string of the molecule is CC1CCCC(C)C1NCCCc1ccccc1. The number of hydrogen-bond donors (Lipinski definition) is 1. The van der Waals surface area contributed by atoms with Crippen molar-refractivity contribution in [2.75, 3.05) is 6.54 Å². The van der Waals surface area contributed by atoms with Gasteiger partial charge in [0.2, 0.25) is 0 Å². The molecule has 0 aliphatic heterocycles. The lowest BCUT2D eigenvalue weighted by Gasteiger charge is -2.35. The summed E-state index contributed by atoms with van der Waals surface area (Å²) < 4.78 is 0. The van der Waals surface area contributed by atoms with Gasteiger partial charge in [0.25, 0.3) is 0 Å². The summed E-state index contributed by atoms with van der Waals surface area (Å²) in [6, 6.07) is 11.6. The molecule has 0 aromatic heterocycles. The van der Waals surface area contributed by atoms with Crippen LogP contribution in [0.25, 0.3) is 0 Å². The zero-order valence-electron chi connectivity index (χ0n) is 11.9. The summed E-state index contributed by atoms with van der Waals surface area (Å²) in [6.07, 6.45) is 6.68. The zero-order valence-corrected chi connectivity index (χ0v) is 11.9. The largest absolute Gasteiger partial charge is 0.313 e. The van der Waals surface area contributed by atoms with E-state index in [1.807, 2.05) is 0 Å². The van der Waals surface area contributed by atoms with Crippen LogP contribution in [0.4, 0.5) is 0 Å². The average molecular weight is 245 g/mol. The topological polar surface area (TPSA) is 12.0 Å². The molecule has 2 unspecified atom stereocenters. The van der Waals surface area contributed by atoms with Crippen molar-refractivity contribution in [3.8, 4) is 0 Å². The Labute approximate surface area is 112 Å². The fourth-order valence-corrected chi connectivity index (χ4v) is 3.29. The van der Waals surface area contributed by atoms with Gasteiger partial charge in [0.15, 0.2) is 0 Å². The molecule has 18 heavy (non-hydrogen) atoms.